The number of rotatable bonds is 5. The summed E-state index contributed by atoms with van der Waals surface area (Å²) in [5.41, 5.74) is 1.37. The van der Waals surface area contributed by atoms with Crippen molar-refractivity contribution in [1.82, 2.24) is 0 Å². The Labute approximate surface area is 121 Å². The van der Waals surface area contributed by atoms with Gasteiger partial charge in [0.2, 0.25) is 0 Å². The van der Waals surface area contributed by atoms with Crippen molar-refractivity contribution in [3.63, 3.8) is 0 Å². The summed E-state index contributed by atoms with van der Waals surface area (Å²) >= 11 is 0. The quantitative estimate of drug-likeness (QED) is 0.776. The average molecular weight is 279 g/mol. The lowest BCUT2D eigenvalue weighted by Crippen LogP contribution is -2.27. The van der Waals surface area contributed by atoms with E-state index < -0.39 is 0 Å². The second kappa shape index (κ2) is 6.75. The summed E-state index contributed by atoms with van der Waals surface area (Å²) in [5, 5.41) is 0. The minimum absolute atomic E-state index is 0.228. The fourth-order valence-electron chi connectivity index (χ4n) is 1.55. The number of nitrogens with zero attached hydrogens (tertiary/aromatic N) is 1. The number of benzene rings is 1. The van der Waals surface area contributed by atoms with Crippen molar-refractivity contribution >= 4 is 11.7 Å². The van der Waals surface area contributed by atoms with E-state index in [1.54, 1.807) is 12.1 Å². The molecule has 112 valence electrons. The lowest BCUT2D eigenvalue weighted by atomic mass is 10.2. The summed E-state index contributed by atoms with van der Waals surface area (Å²) in [4.78, 5) is 14.0. The third kappa shape index (κ3) is 5.61. The Morgan fingerprint density at radius 2 is 1.75 bits per heavy atom. The van der Waals surface area contributed by atoms with Crippen molar-refractivity contribution < 1.29 is 14.3 Å². The standard InChI is InChI=1S/C16H25NO3/c1-12(11-19-16(2,3)4)20-15(18)13-7-9-14(10-8-13)17(5)6/h7-10,12H,11H2,1-6H3. The Balaban J connectivity index is 2.53. The molecule has 0 aliphatic heterocycles. The molecule has 0 amide bonds. The highest BCUT2D eigenvalue weighted by Crippen LogP contribution is 2.14. The zero-order chi connectivity index (χ0) is 15.3. The van der Waals surface area contributed by atoms with Gasteiger partial charge in [-0.25, -0.2) is 4.79 Å². The first-order valence-corrected chi connectivity index (χ1v) is 6.81. The average Bonchev–Trinajstić information content (AvgIpc) is 2.35. The maximum atomic E-state index is 12.0. The molecule has 1 rings (SSSR count). The van der Waals surface area contributed by atoms with E-state index in [-0.39, 0.29) is 17.7 Å². The molecular weight excluding hydrogens is 254 g/mol. The zero-order valence-corrected chi connectivity index (χ0v) is 13.3. The van der Waals surface area contributed by atoms with Gasteiger partial charge in [-0.2, -0.15) is 0 Å². The summed E-state index contributed by atoms with van der Waals surface area (Å²) in [6.45, 7) is 8.15. The molecule has 1 atom stereocenters. The number of carbonyl (C=O) groups excluding carboxylic acids is 1. The third-order valence-electron chi connectivity index (χ3n) is 2.68. The van der Waals surface area contributed by atoms with E-state index in [4.69, 9.17) is 9.47 Å². The van der Waals surface area contributed by atoms with Gasteiger partial charge in [0.25, 0.3) is 0 Å². The highest BCUT2D eigenvalue weighted by atomic mass is 16.6. The zero-order valence-electron chi connectivity index (χ0n) is 13.3. The topological polar surface area (TPSA) is 38.8 Å². The van der Waals surface area contributed by atoms with Crippen molar-refractivity contribution in [2.24, 2.45) is 0 Å². The number of ether oxygens (including phenoxy) is 2. The van der Waals surface area contributed by atoms with Crippen molar-refractivity contribution in [3.8, 4) is 0 Å². The first-order valence-electron chi connectivity index (χ1n) is 6.81. The number of anilines is 1. The molecule has 0 saturated heterocycles. The van der Waals surface area contributed by atoms with Gasteiger partial charge in [-0.1, -0.05) is 0 Å². The molecule has 0 N–H and O–H groups in total. The predicted molar refractivity (Wildman–Crippen MR) is 81.4 cm³/mol. The number of hydrogen-bond donors (Lipinski definition) is 0. The Morgan fingerprint density at radius 1 is 1.20 bits per heavy atom. The molecule has 0 spiro atoms. The Hall–Kier alpha value is -1.55. The molecule has 0 aliphatic rings. The Morgan fingerprint density at radius 3 is 2.20 bits per heavy atom. The van der Waals surface area contributed by atoms with Crippen molar-refractivity contribution in [2.75, 3.05) is 25.6 Å². The maximum Gasteiger partial charge on any atom is 0.338 e. The fourth-order valence-corrected chi connectivity index (χ4v) is 1.55. The minimum Gasteiger partial charge on any atom is -0.457 e. The van der Waals surface area contributed by atoms with Crippen LogP contribution in [0.1, 0.15) is 38.1 Å². The van der Waals surface area contributed by atoms with E-state index in [0.717, 1.165) is 5.69 Å². The van der Waals surface area contributed by atoms with Gasteiger partial charge in [0.1, 0.15) is 6.10 Å². The maximum absolute atomic E-state index is 12.0. The molecule has 1 aromatic carbocycles. The lowest BCUT2D eigenvalue weighted by molar-refractivity contribution is -0.0531. The van der Waals surface area contributed by atoms with Crippen LogP contribution in [0.4, 0.5) is 5.69 Å². The molecule has 0 aromatic heterocycles. The molecule has 0 heterocycles. The van der Waals surface area contributed by atoms with Gasteiger partial charge in [-0.05, 0) is 52.0 Å². The van der Waals surface area contributed by atoms with Gasteiger partial charge in [0, 0.05) is 19.8 Å². The summed E-state index contributed by atoms with van der Waals surface area (Å²) in [5.74, 6) is -0.319. The summed E-state index contributed by atoms with van der Waals surface area (Å²) in [6.07, 6.45) is -0.268. The smallest absolute Gasteiger partial charge is 0.338 e. The molecular formula is C16H25NO3. The van der Waals surface area contributed by atoms with Crippen LogP contribution in [0.2, 0.25) is 0 Å². The van der Waals surface area contributed by atoms with Crippen molar-refractivity contribution in [3.05, 3.63) is 29.8 Å². The van der Waals surface area contributed by atoms with Gasteiger partial charge >= 0.3 is 5.97 Å². The number of carbonyl (C=O) groups is 1. The third-order valence-corrected chi connectivity index (χ3v) is 2.68. The van der Waals surface area contributed by atoms with Gasteiger partial charge in [-0.3, -0.25) is 0 Å². The second-order valence-corrected chi connectivity index (χ2v) is 6.08. The molecule has 20 heavy (non-hydrogen) atoms. The van der Waals surface area contributed by atoms with Crippen LogP contribution < -0.4 is 4.90 Å². The van der Waals surface area contributed by atoms with Crippen LogP contribution in [0.15, 0.2) is 24.3 Å². The van der Waals surface area contributed by atoms with Crippen LogP contribution in [-0.4, -0.2) is 38.4 Å². The van der Waals surface area contributed by atoms with E-state index in [2.05, 4.69) is 0 Å². The Bertz CT molecular complexity index is 432. The molecule has 4 heteroatoms. The lowest BCUT2D eigenvalue weighted by Gasteiger charge is -2.22. The predicted octanol–water partition coefficient (Wildman–Crippen LogP) is 3.11. The second-order valence-electron chi connectivity index (χ2n) is 6.08. The van der Waals surface area contributed by atoms with Crippen molar-refractivity contribution in [1.29, 1.82) is 0 Å². The Kier molecular flexibility index (Phi) is 5.57. The van der Waals surface area contributed by atoms with Crippen LogP contribution in [0.5, 0.6) is 0 Å². The summed E-state index contributed by atoms with van der Waals surface area (Å²) in [7, 11) is 3.92. The van der Waals surface area contributed by atoms with Crippen LogP contribution >= 0.6 is 0 Å². The van der Waals surface area contributed by atoms with Crippen LogP contribution in [-0.2, 0) is 9.47 Å². The molecule has 0 fully saturated rings. The van der Waals surface area contributed by atoms with Crippen molar-refractivity contribution in [2.45, 2.75) is 39.4 Å². The van der Waals surface area contributed by atoms with Gasteiger partial charge in [-0.15, -0.1) is 0 Å². The summed E-state index contributed by atoms with van der Waals surface area (Å²) < 4.78 is 10.9. The highest BCUT2D eigenvalue weighted by molar-refractivity contribution is 5.89. The number of hydrogen-bond acceptors (Lipinski definition) is 4. The number of esters is 1. The van der Waals surface area contributed by atoms with Crippen LogP contribution in [0.25, 0.3) is 0 Å². The summed E-state index contributed by atoms with van der Waals surface area (Å²) in [6, 6.07) is 7.34. The molecule has 0 bridgehead atoms. The largest absolute Gasteiger partial charge is 0.457 e. The van der Waals surface area contributed by atoms with Gasteiger partial charge < -0.3 is 14.4 Å². The van der Waals surface area contributed by atoms with E-state index >= 15 is 0 Å². The highest BCUT2D eigenvalue weighted by Gasteiger charge is 2.16. The molecule has 1 unspecified atom stereocenters. The van der Waals surface area contributed by atoms with Gasteiger partial charge in [0.15, 0.2) is 0 Å². The molecule has 4 nitrogen and oxygen atoms in total. The monoisotopic (exact) mass is 279 g/mol. The van der Waals surface area contributed by atoms with E-state index in [9.17, 15) is 4.79 Å². The first kappa shape index (κ1) is 16.5. The minimum atomic E-state index is -0.319. The van der Waals surface area contributed by atoms with E-state index in [0.29, 0.717) is 12.2 Å². The van der Waals surface area contributed by atoms with E-state index in [1.165, 1.54) is 0 Å². The van der Waals surface area contributed by atoms with Crippen LogP contribution in [0, 0.1) is 0 Å². The van der Waals surface area contributed by atoms with Crippen LogP contribution in [0.3, 0.4) is 0 Å². The molecule has 0 saturated carbocycles. The molecule has 0 aliphatic carbocycles. The van der Waals surface area contributed by atoms with E-state index in [1.807, 2.05) is 58.8 Å². The molecule has 0 radical (unpaired) electrons. The molecule has 1 aromatic rings. The van der Waals surface area contributed by atoms with Gasteiger partial charge in [0.05, 0.1) is 17.8 Å². The first-order chi connectivity index (χ1) is 9.19. The fraction of sp³-hybridized carbons (Fsp3) is 0.562. The SMILES string of the molecule is CC(COC(C)(C)C)OC(=O)c1ccc(N(C)C)cc1. The normalized spacial score (nSPS) is 12.9.